The van der Waals surface area contributed by atoms with Crippen LogP contribution < -0.4 is 4.89 Å². The first kappa shape index (κ1) is 15.9. The lowest BCUT2D eigenvalue weighted by Gasteiger charge is -2.38. The zero-order valence-corrected chi connectivity index (χ0v) is 13.6. The van der Waals surface area contributed by atoms with E-state index in [1.54, 1.807) is 0 Å². The molecule has 1 rings (SSSR count). The fraction of sp³-hybridized carbons (Fsp3) is 1.00. The van der Waals surface area contributed by atoms with E-state index in [2.05, 4.69) is 33.4 Å². The van der Waals surface area contributed by atoms with Gasteiger partial charge in [0.05, 0.1) is 21.1 Å². The van der Waals surface area contributed by atoms with Crippen molar-refractivity contribution in [1.29, 1.82) is 0 Å². The zero-order chi connectivity index (χ0) is 13.1. The molecule has 6 heteroatoms. The molecule has 17 heavy (non-hydrogen) atoms. The van der Waals surface area contributed by atoms with E-state index in [9.17, 15) is 4.89 Å². The molecule has 0 aromatic rings. The van der Waals surface area contributed by atoms with Gasteiger partial charge in [-0.1, -0.05) is 31.1 Å². The molecule has 0 N–H and O–H groups in total. The van der Waals surface area contributed by atoms with Gasteiger partial charge in [-0.15, -0.1) is 12.2 Å². The van der Waals surface area contributed by atoms with Gasteiger partial charge in [-0.05, 0) is 18.8 Å². The lowest BCUT2D eigenvalue weighted by atomic mass is 9.85. The molecule has 1 aliphatic carbocycles. The Labute approximate surface area is 115 Å². The van der Waals surface area contributed by atoms with E-state index in [4.69, 9.17) is 16.3 Å². The number of rotatable bonds is 5. The van der Waals surface area contributed by atoms with E-state index in [1.807, 2.05) is 0 Å². The standard InChI is InChI=1S/C11H24NO2PS2/c1-12(2,3)9-11(14-15(13,16)17)10-7-5-4-6-8-10/h10-11H,4-9H2,1-3H3,(H-,13,16,17). The van der Waals surface area contributed by atoms with Crippen molar-refractivity contribution in [1.82, 2.24) is 0 Å². The molecule has 2 unspecified atom stereocenters. The van der Waals surface area contributed by atoms with Crippen LogP contribution in [0.2, 0.25) is 0 Å². The van der Waals surface area contributed by atoms with Gasteiger partial charge in [-0.3, -0.25) is 0 Å². The Kier molecular flexibility index (Phi) is 5.96. The molecule has 0 heterocycles. The largest absolute Gasteiger partial charge is 0.793 e. The lowest BCUT2D eigenvalue weighted by Crippen LogP contribution is -2.45. The first-order chi connectivity index (χ1) is 7.67. The topological polar surface area (TPSA) is 32.3 Å². The Morgan fingerprint density at radius 1 is 1.35 bits per heavy atom. The molecule has 0 amide bonds. The summed E-state index contributed by atoms with van der Waals surface area (Å²) in [7, 11) is 6.35. The average Bonchev–Trinajstić information content (AvgIpc) is 2.14. The third kappa shape index (κ3) is 7.14. The van der Waals surface area contributed by atoms with Gasteiger partial charge in [0.25, 0.3) is 0 Å². The smallest absolute Gasteiger partial charge is 0.114 e. The van der Waals surface area contributed by atoms with Crippen LogP contribution in [0.15, 0.2) is 0 Å². The molecule has 2 atom stereocenters. The molecular weight excluding hydrogens is 273 g/mol. The first-order valence-electron chi connectivity index (χ1n) is 6.20. The summed E-state index contributed by atoms with van der Waals surface area (Å²) in [6.07, 6.45) is 6.10. The van der Waals surface area contributed by atoms with Gasteiger partial charge in [-0.25, -0.2) is 0 Å². The van der Waals surface area contributed by atoms with Crippen molar-refractivity contribution in [2.24, 2.45) is 5.92 Å². The van der Waals surface area contributed by atoms with Crippen molar-refractivity contribution in [3.63, 3.8) is 0 Å². The summed E-state index contributed by atoms with van der Waals surface area (Å²) >= 11 is 8.71. The summed E-state index contributed by atoms with van der Waals surface area (Å²) < 4.78 is 6.37. The molecule has 0 aromatic carbocycles. The maximum atomic E-state index is 11.6. The fourth-order valence-corrected chi connectivity index (χ4v) is 3.76. The van der Waals surface area contributed by atoms with Crippen LogP contribution in [0.4, 0.5) is 0 Å². The van der Waals surface area contributed by atoms with Crippen LogP contribution in [0.3, 0.4) is 0 Å². The maximum Gasteiger partial charge on any atom is 0.114 e. The summed E-state index contributed by atoms with van der Waals surface area (Å²) in [4.78, 5) is 11.6. The predicted molar refractivity (Wildman–Crippen MR) is 77.6 cm³/mol. The second-order valence-corrected chi connectivity index (χ2v) is 11.0. The van der Waals surface area contributed by atoms with Gasteiger partial charge in [0.2, 0.25) is 0 Å². The molecule has 0 aliphatic heterocycles. The molecule has 1 saturated carbocycles. The monoisotopic (exact) mass is 297 g/mol. The lowest BCUT2D eigenvalue weighted by molar-refractivity contribution is -0.873. The van der Waals surface area contributed by atoms with Crippen LogP contribution in [0.5, 0.6) is 0 Å². The third-order valence-electron chi connectivity index (χ3n) is 3.17. The first-order valence-corrected chi connectivity index (χ1v) is 9.99. The number of hydrogen-bond donors (Lipinski definition) is 1. The number of quaternary nitrogens is 1. The SMILES string of the molecule is C[N+](C)(C)CC(OP([O-])(=S)S)C1CCCCC1. The molecule has 0 saturated heterocycles. The highest BCUT2D eigenvalue weighted by molar-refractivity contribution is 8.59. The van der Waals surface area contributed by atoms with Crippen molar-refractivity contribution >= 4 is 29.7 Å². The Balaban J connectivity index is 2.67. The van der Waals surface area contributed by atoms with E-state index in [-0.39, 0.29) is 6.10 Å². The van der Waals surface area contributed by atoms with Crippen LogP contribution >= 0.6 is 17.9 Å². The van der Waals surface area contributed by atoms with E-state index >= 15 is 0 Å². The second-order valence-electron chi connectivity index (χ2n) is 5.98. The average molecular weight is 297 g/mol. The summed E-state index contributed by atoms with van der Waals surface area (Å²) in [6.45, 7) is 0.839. The Hall–Kier alpha value is 0.880. The highest BCUT2D eigenvalue weighted by Gasteiger charge is 2.30. The predicted octanol–water partition coefficient (Wildman–Crippen LogP) is 2.17. The number of nitrogens with zero attached hydrogens (tertiary/aromatic N) is 1. The third-order valence-corrected chi connectivity index (χ3v) is 4.25. The van der Waals surface area contributed by atoms with Crippen LogP contribution in [0.25, 0.3) is 0 Å². The summed E-state index contributed by atoms with van der Waals surface area (Å²) in [6, 6.07) is 0. The highest BCUT2D eigenvalue weighted by Crippen LogP contribution is 2.46. The molecule has 0 spiro atoms. The van der Waals surface area contributed by atoms with Gasteiger partial charge in [0.15, 0.2) is 0 Å². The molecule has 0 radical (unpaired) electrons. The van der Waals surface area contributed by atoms with Crippen LogP contribution in [0.1, 0.15) is 32.1 Å². The van der Waals surface area contributed by atoms with Gasteiger partial charge in [0.1, 0.15) is 12.6 Å². The summed E-state index contributed by atoms with van der Waals surface area (Å²) in [5.41, 5.74) is -3.11. The molecule has 102 valence electrons. The minimum absolute atomic E-state index is 0.0175. The van der Waals surface area contributed by atoms with E-state index in [0.29, 0.717) is 5.92 Å². The maximum absolute atomic E-state index is 11.6. The molecule has 0 bridgehead atoms. The van der Waals surface area contributed by atoms with E-state index in [1.165, 1.54) is 19.3 Å². The summed E-state index contributed by atoms with van der Waals surface area (Å²) in [5.74, 6) is 0.490. The minimum Gasteiger partial charge on any atom is -0.793 e. The molecule has 1 fully saturated rings. The van der Waals surface area contributed by atoms with Gasteiger partial charge in [0, 0.05) is 5.69 Å². The van der Waals surface area contributed by atoms with Gasteiger partial charge in [-0.2, -0.15) is 0 Å². The van der Waals surface area contributed by atoms with Crippen molar-refractivity contribution in [3.05, 3.63) is 0 Å². The Bertz CT molecular complexity index is 282. The van der Waals surface area contributed by atoms with E-state index < -0.39 is 5.69 Å². The van der Waals surface area contributed by atoms with Crippen molar-refractivity contribution < 1.29 is 13.9 Å². The quantitative estimate of drug-likeness (QED) is 0.479. The van der Waals surface area contributed by atoms with Crippen LogP contribution in [-0.2, 0) is 16.3 Å². The van der Waals surface area contributed by atoms with Crippen molar-refractivity contribution in [2.45, 2.75) is 38.2 Å². The summed E-state index contributed by atoms with van der Waals surface area (Å²) in [5, 5.41) is 0. The van der Waals surface area contributed by atoms with Crippen LogP contribution in [0, 0.1) is 5.92 Å². The normalized spacial score (nSPS) is 24.3. The molecular formula is C11H24NO2PS2. The number of thiol groups is 1. The second kappa shape index (κ2) is 6.36. The van der Waals surface area contributed by atoms with E-state index in [0.717, 1.165) is 23.9 Å². The number of hydrogen-bond acceptors (Lipinski definition) is 3. The van der Waals surface area contributed by atoms with Crippen molar-refractivity contribution in [3.8, 4) is 0 Å². The fourth-order valence-electron chi connectivity index (χ4n) is 2.49. The highest BCUT2D eigenvalue weighted by atomic mass is 32.9. The van der Waals surface area contributed by atoms with Gasteiger partial charge >= 0.3 is 0 Å². The molecule has 3 nitrogen and oxygen atoms in total. The van der Waals surface area contributed by atoms with Crippen molar-refractivity contribution in [2.75, 3.05) is 27.7 Å². The molecule has 1 aliphatic rings. The Morgan fingerprint density at radius 3 is 2.29 bits per heavy atom. The minimum atomic E-state index is -3.11. The van der Waals surface area contributed by atoms with Gasteiger partial charge < -0.3 is 13.9 Å². The molecule has 0 aromatic heterocycles. The zero-order valence-electron chi connectivity index (χ0n) is 11.0. The Morgan fingerprint density at radius 2 is 1.88 bits per heavy atom. The van der Waals surface area contributed by atoms with Crippen LogP contribution in [-0.4, -0.2) is 38.3 Å². The number of likely N-dealkylation sites (N-methyl/N-ethyl adjacent to an activating group) is 1.